The van der Waals surface area contributed by atoms with Crippen LogP contribution in [0.1, 0.15) is 31.9 Å². The van der Waals surface area contributed by atoms with Gasteiger partial charge >= 0.3 is 5.97 Å². The Morgan fingerprint density at radius 3 is 2.55 bits per heavy atom. The van der Waals surface area contributed by atoms with E-state index >= 15 is 0 Å². The van der Waals surface area contributed by atoms with Crippen LogP contribution in [0.5, 0.6) is 0 Å². The van der Waals surface area contributed by atoms with Crippen molar-refractivity contribution < 1.29 is 14.6 Å². The Labute approximate surface area is 181 Å². The van der Waals surface area contributed by atoms with Gasteiger partial charge in [-0.15, -0.1) is 0 Å². The zero-order valence-electron chi connectivity index (χ0n) is 18.8. The molecule has 0 fully saturated rings. The van der Waals surface area contributed by atoms with Gasteiger partial charge in [-0.1, -0.05) is 6.07 Å². The molecule has 0 unspecified atom stereocenters. The number of rotatable bonds is 7. The molecule has 0 aliphatic rings. The highest BCUT2D eigenvalue weighted by atomic mass is 16.5. The number of pyridine rings is 1. The Morgan fingerprint density at radius 2 is 1.94 bits per heavy atom. The van der Waals surface area contributed by atoms with Crippen LogP contribution in [0.2, 0.25) is 0 Å². The minimum atomic E-state index is -0.885. The monoisotopic (exact) mass is 426 g/mol. The van der Waals surface area contributed by atoms with Crippen molar-refractivity contribution in [3.8, 4) is 11.4 Å². The minimum Gasteiger partial charge on any atom is -0.462 e. The van der Waals surface area contributed by atoms with Gasteiger partial charge in [0.15, 0.2) is 0 Å². The first-order chi connectivity index (χ1) is 14.6. The molecule has 0 amide bonds. The van der Waals surface area contributed by atoms with E-state index in [1.807, 2.05) is 35.9 Å². The van der Waals surface area contributed by atoms with Crippen molar-refractivity contribution in [2.24, 2.45) is 14.1 Å². The summed E-state index contributed by atoms with van der Waals surface area (Å²) in [5.74, 6) is 0.289. The van der Waals surface area contributed by atoms with E-state index in [0.717, 1.165) is 28.0 Å². The summed E-state index contributed by atoms with van der Waals surface area (Å²) in [7, 11) is 3.67. The van der Waals surface area contributed by atoms with E-state index in [1.54, 1.807) is 45.5 Å². The van der Waals surface area contributed by atoms with Crippen molar-refractivity contribution in [1.29, 1.82) is 0 Å². The molecular formula is C23H30N4O4. The van der Waals surface area contributed by atoms with Crippen molar-refractivity contribution in [2.75, 3.05) is 0 Å². The fraction of sp³-hybridized carbons (Fsp3) is 0.435. The molecule has 0 aliphatic carbocycles. The van der Waals surface area contributed by atoms with Crippen LogP contribution in [0.15, 0.2) is 35.3 Å². The topological polar surface area (TPSA) is 98.4 Å². The Morgan fingerprint density at radius 1 is 1.23 bits per heavy atom. The molecule has 0 bridgehead atoms. The lowest BCUT2D eigenvalue weighted by molar-refractivity contribution is -0.152. The fourth-order valence-corrected chi connectivity index (χ4v) is 3.60. The van der Waals surface area contributed by atoms with Crippen LogP contribution in [0.4, 0.5) is 0 Å². The van der Waals surface area contributed by atoms with E-state index in [0.29, 0.717) is 12.1 Å². The minimum absolute atomic E-state index is 0.0282. The number of imidazole rings is 1. The smallest absolute Gasteiger partial charge is 0.326 e. The number of carbonyl (C=O) groups excluding carboxylic acids is 1. The van der Waals surface area contributed by atoms with Gasteiger partial charge in [0.2, 0.25) is 0 Å². The maximum Gasteiger partial charge on any atom is 0.326 e. The SMILES string of the molecule is Cc1cc(-c2nc3cc(CN[C@H](C(=O)OC(C)C)[C@@H](C)O)ccc3n2C)cn(C)c1=O. The summed E-state index contributed by atoms with van der Waals surface area (Å²) in [5.41, 5.74) is 4.19. The molecule has 2 N–H and O–H groups in total. The first kappa shape index (κ1) is 22.7. The van der Waals surface area contributed by atoms with E-state index < -0.39 is 18.1 Å². The Balaban J connectivity index is 1.87. The number of esters is 1. The van der Waals surface area contributed by atoms with E-state index in [9.17, 15) is 14.7 Å². The van der Waals surface area contributed by atoms with Crippen LogP contribution in [0.25, 0.3) is 22.4 Å². The Bertz CT molecular complexity index is 1130. The molecule has 0 saturated carbocycles. The normalized spacial score (nSPS) is 13.5. The summed E-state index contributed by atoms with van der Waals surface area (Å²) >= 11 is 0. The standard InChI is InChI=1S/C23H30N4O4/c1-13(2)31-23(30)20(15(4)28)24-11-16-7-8-19-18(10-16)25-21(27(19)6)17-9-14(3)22(29)26(5)12-17/h7-10,12-13,15,20,24,28H,11H2,1-6H3/t15-,20+/m1/s1. The molecule has 2 heterocycles. The number of aromatic nitrogens is 3. The summed E-state index contributed by atoms with van der Waals surface area (Å²) in [6, 6.07) is 6.92. The van der Waals surface area contributed by atoms with Crippen LogP contribution < -0.4 is 10.9 Å². The van der Waals surface area contributed by atoms with Crippen molar-refractivity contribution in [2.45, 2.75) is 52.5 Å². The summed E-state index contributed by atoms with van der Waals surface area (Å²) in [5, 5.41) is 13.1. The molecule has 166 valence electrons. The maximum atomic E-state index is 12.2. The van der Waals surface area contributed by atoms with Gasteiger partial charge < -0.3 is 19.0 Å². The summed E-state index contributed by atoms with van der Waals surface area (Å²) in [6.45, 7) is 7.28. The van der Waals surface area contributed by atoms with Gasteiger partial charge in [-0.25, -0.2) is 4.98 Å². The molecule has 0 spiro atoms. The molecule has 8 nitrogen and oxygen atoms in total. The van der Waals surface area contributed by atoms with Crippen LogP contribution in [-0.2, 0) is 30.2 Å². The lowest BCUT2D eigenvalue weighted by atomic mass is 10.1. The largest absolute Gasteiger partial charge is 0.462 e. The second-order valence-electron chi connectivity index (χ2n) is 8.23. The Hall–Kier alpha value is -2.97. The van der Waals surface area contributed by atoms with Gasteiger partial charge in [-0.2, -0.15) is 0 Å². The van der Waals surface area contributed by atoms with Gasteiger partial charge in [0.25, 0.3) is 5.56 Å². The first-order valence-electron chi connectivity index (χ1n) is 10.3. The summed E-state index contributed by atoms with van der Waals surface area (Å²) in [4.78, 5) is 29.0. The molecule has 31 heavy (non-hydrogen) atoms. The predicted octanol–water partition coefficient (Wildman–Crippen LogP) is 2.04. The number of carbonyl (C=O) groups is 1. The number of aliphatic hydroxyl groups excluding tert-OH is 1. The highest BCUT2D eigenvalue weighted by Gasteiger charge is 2.25. The lowest BCUT2D eigenvalue weighted by Gasteiger charge is -2.21. The molecule has 1 aromatic carbocycles. The van der Waals surface area contributed by atoms with Gasteiger partial charge in [-0.3, -0.25) is 14.9 Å². The highest BCUT2D eigenvalue weighted by molar-refractivity contribution is 5.81. The third kappa shape index (κ3) is 4.86. The van der Waals surface area contributed by atoms with Crippen molar-refractivity contribution in [1.82, 2.24) is 19.4 Å². The van der Waals surface area contributed by atoms with Crippen molar-refractivity contribution in [3.63, 3.8) is 0 Å². The number of ether oxygens (including phenoxy) is 1. The van der Waals surface area contributed by atoms with E-state index in [-0.39, 0.29) is 11.7 Å². The number of benzene rings is 1. The number of nitrogens with zero attached hydrogens (tertiary/aromatic N) is 3. The van der Waals surface area contributed by atoms with Gasteiger partial charge in [-0.05, 0) is 51.5 Å². The van der Waals surface area contributed by atoms with Crippen LogP contribution in [0.3, 0.4) is 0 Å². The first-order valence-corrected chi connectivity index (χ1v) is 10.3. The number of hydrogen-bond acceptors (Lipinski definition) is 6. The third-order valence-corrected chi connectivity index (χ3v) is 5.18. The molecule has 0 radical (unpaired) electrons. The molecule has 2 atom stereocenters. The molecule has 3 aromatic rings. The average molecular weight is 427 g/mol. The zero-order chi connectivity index (χ0) is 22.9. The maximum absolute atomic E-state index is 12.2. The molecule has 0 aliphatic heterocycles. The van der Waals surface area contributed by atoms with Crippen LogP contribution in [0, 0.1) is 6.92 Å². The van der Waals surface area contributed by atoms with E-state index in [1.165, 1.54) is 0 Å². The van der Waals surface area contributed by atoms with E-state index in [4.69, 9.17) is 9.72 Å². The number of fused-ring (bicyclic) bond motifs is 1. The fourth-order valence-electron chi connectivity index (χ4n) is 3.60. The van der Waals surface area contributed by atoms with Crippen LogP contribution in [-0.4, -0.2) is 43.4 Å². The molecule has 8 heteroatoms. The second kappa shape index (κ2) is 9.03. The van der Waals surface area contributed by atoms with E-state index in [2.05, 4.69) is 5.32 Å². The Kier molecular flexibility index (Phi) is 6.62. The summed E-state index contributed by atoms with van der Waals surface area (Å²) < 4.78 is 8.78. The number of hydrogen-bond donors (Lipinski definition) is 2. The molecule has 2 aromatic heterocycles. The van der Waals surface area contributed by atoms with Crippen molar-refractivity contribution in [3.05, 3.63) is 51.9 Å². The van der Waals surface area contributed by atoms with Crippen molar-refractivity contribution >= 4 is 17.0 Å². The third-order valence-electron chi connectivity index (χ3n) is 5.18. The molecular weight excluding hydrogens is 396 g/mol. The number of aryl methyl sites for hydroxylation is 3. The number of aliphatic hydroxyl groups is 1. The number of nitrogens with one attached hydrogen (secondary N) is 1. The summed E-state index contributed by atoms with van der Waals surface area (Å²) in [6.07, 6.45) is 0.649. The second-order valence-corrected chi connectivity index (χ2v) is 8.23. The van der Waals surface area contributed by atoms with Gasteiger partial charge in [0, 0.05) is 38.0 Å². The highest BCUT2D eigenvalue weighted by Crippen LogP contribution is 2.24. The zero-order valence-corrected chi connectivity index (χ0v) is 18.8. The van der Waals surface area contributed by atoms with Crippen LogP contribution >= 0.6 is 0 Å². The predicted molar refractivity (Wildman–Crippen MR) is 120 cm³/mol. The van der Waals surface area contributed by atoms with Gasteiger partial charge in [0.1, 0.15) is 11.9 Å². The average Bonchev–Trinajstić information content (AvgIpc) is 3.01. The quantitative estimate of drug-likeness (QED) is 0.561. The molecule has 3 rings (SSSR count). The van der Waals surface area contributed by atoms with Gasteiger partial charge in [0.05, 0.1) is 23.2 Å². The lowest BCUT2D eigenvalue weighted by Crippen LogP contribution is -2.46. The molecule has 0 saturated heterocycles.